The van der Waals surface area contributed by atoms with Crippen LogP contribution in [0.1, 0.15) is 29.0 Å². The molecule has 3 nitrogen and oxygen atoms in total. The summed E-state index contributed by atoms with van der Waals surface area (Å²) in [5.74, 6) is 0.843. The summed E-state index contributed by atoms with van der Waals surface area (Å²) in [6.07, 6.45) is 0.542. The van der Waals surface area contributed by atoms with Crippen molar-refractivity contribution in [2.45, 2.75) is 18.9 Å². The molecule has 1 aliphatic rings. The van der Waals surface area contributed by atoms with Crippen molar-refractivity contribution in [2.75, 3.05) is 20.6 Å². The Morgan fingerprint density at radius 3 is 2.55 bits per heavy atom. The number of nitrogens with zero attached hydrogens (tertiary/aromatic N) is 1. The Labute approximate surface area is 131 Å². The summed E-state index contributed by atoms with van der Waals surface area (Å²) in [6, 6.07) is 16.0. The minimum Gasteiger partial charge on any atom is -0.489 e. The predicted molar refractivity (Wildman–Crippen MR) is 87.2 cm³/mol. The van der Waals surface area contributed by atoms with Gasteiger partial charge in [-0.05, 0) is 31.3 Å². The molecule has 22 heavy (non-hydrogen) atoms. The number of rotatable bonds is 4. The van der Waals surface area contributed by atoms with E-state index in [1.54, 1.807) is 0 Å². The lowest BCUT2D eigenvalue weighted by molar-refractivity contribution is -0.119. The van der Waals surface area contributed by atoms with Gasteiger partial charge in [-0.25, -0.2) is 0 Å². The molecule has 0 spiro atoms. The van der Waals surface area contributed by atoms with Gasteiger partial charge in [0.25, 0.3) is 0 Å². The van der Waals surface area contributed by atoms with E-state index in [1.165, 1.54) is 0 Å². The molecular weight excluding hydrogens is 274 g/mol. The first-order valence-corrected chi connectivity index (χ1v) is 7.64. The first kappa shape index (κ1) is 14.8. The fourth-order valence-electron chi connectivity index (χ4n) is 2.95. The molecule has 114 valence electrons. The normalized spacial score (nSPS) is 16.4. The molecule has 0 bridgehead atoms. The van der Waals surface area contributed by atoms with Crippen LogP contribution < -0.4 is 4.74 Å². The molecule has 0 fully saturated rings. The molecule has 3 heteroatoms. The smallest absolute Gasteiger partial charge is 0.146 e. The van der Waals surface area contributed by atoms with Crippen molar-refractivity contribution in [1.82, 2.24) is 4.90 Å². The zero-order valence-corrected chi connectivity index (χ0v) is 13.1. The summed E-state index contributed by atoms with van der Waals surface area (Å²) in [7, 11) is 3.98. The van der Waals surface area contributed by atoms with Gasteiger partial charge in [-0.3, -0.25) is 4.79 Å². The lowest BCUT2D eigenvalue weighted by Crippen LogP contribution is -2.21. The number of carbonyl (C=O) groups is 1. The van der Waals surface area contributed by atoms with Crippen molar-refractivity contribution < 1.29 is 9.53 Å². The van der Waals surface area contributed by atoms with Crippen molar-refractivity contribution in [3.05, 3.63) is 65.2 Å². The van der Waals surface area contributed by atoms with E-state index in [-0.39, 0.29) is 11.7 Å². The average molecular weight is 295 g/mol. The maximum Gasteiger partial charge on any atom is 0.146 e. The fourth-order valence-corrected chi connectivity index (χ4v) is 2.95. The van der Waals surface area contributed by atoms with Gasteiger partial charge in [-0.1, -0.05) is 42.5 Å². The summed E-state index contributed by atoms with van der Waals surface area (Å²) in [5.41, 5.74) is 3.16. The van der Waals surface area contributed by atoms with Crippen LogP contribution in [0, 0.1) is 0 Å². The van der Waals surface area contributed by atoms with Crippen LogP contribution in [0.3, 0.4) is 0 Å². The van der Waals surface area contributed by atoms with Crippen LogP contribution in [-0.4, -0.2) is 31.3 Å². The molecule has 2 aromatic rings. The summed E-state index contributed by atoms with van der Waals surface area (Å²) in [5, 5.41) is 0. The van der Waals surface area contributed by atoms with Gasteiger partial charge < -0.3 is 9.64 Å². The van der Waals surface area contributed by atoms with E-state index < -0.39 is 0 Å². The van der Waals surface area contributed by atoms with Gasteiger partial charge in [0.1, 0.15) is 18.1 Å². The van der Waals surface area contributed by atoms with Crippen LogP contribution in [0.4, 0.5) is 0 Å². The van der Waals surface area contributed by atoms with E-state index in [9.17, 15) is 4.79 Å². The second-order valence-corrected chi connectivity index (χ2v) is 5.98. The van der Waals surface area contributed by atoms with Gasteiger partial charge in [-0.2, -0.15) is 0 Å². The zero-order valence-electron chi connectivity index (χ0n) is 13.1. The van der Waals surface area contributed by atoms with Crippen molar-refractivity contribution >= 4 is 5.78 Å². The van der Waals surface area contributed by atoms with E-state index in [2.05, 4.69) is 6.07 Å². The molecule has 0 aromatic heterocycles. The number of fused-ring (bicyclic) bond motifs is 2. The zero-order chi connectivity index (χ0) is 15.5. The molecule has 0 aliphatic carbocycles. The maximum atomic E-state index is 12.9. The van der Waals surface area contributed by atoms with Crippen LogP contribution >= 0.6 is 0 Å². The third-order valence-corrected chi connectivity index (χ3v) is 4.11. The highest BCUT2D eigenvalue weighted by molar-refractivity contribution is 5.90. The van der Waals surface area contributed by atoms with Gasteiger partial charge in [0.05, 0.1) is 5.92 Å². The number of hydrogen-bond donors (Lipinski definition) is 0. The molecule has 1 unspecified atom stereocenters. The number of hydrogen-bond acceptors (Lipinski definition) is 3. The molecule has 1 atom stereocenters. The standard InChI is InChI=1S/C19H21NO2/c1-20(2)12-11-17(21)19-15-8-4-3-7-14(15)13-22-18-10-6-5-9-16(18)19/h3-10,19H,11-13H2,1-2H3. The van der Waals surface area contributed by atoms with Gasteiger partial charge in [0.15, 0.2) is 0 Å². The Morgan fingerprint density at radius 2 is 1.77 bits per heavy atom. The Hall–Kier alpha value is -2.13. The van der Waals surface area contributed by atoms with Crippen molar-refractivity contribution in [3.63, 3.8) is 0 Å². The van der Waals surface area contributed by atoms with Gasteiger partial charge in [0.2, 0.25) is 0 Å². The van der Waals surface area contributed by atoms with Gasteiger partial charge in [-0.15, -0.1) is 0 Å². The second kappa shape index (κ2) is 6.32. The Balaban J connectivity index is 2.04. The quantitative estimate of drug-likeness (QED) is 0.867. The van der Waals surface area contributed by atoms with E-state index in [4.69, 9.17) is 4.74 Å². The van der Waals surface area contributed by atoms with Crippen LogP contribution in [0.15, 0.2) is 48.5 Å². The van der Waals surface area contributed by atoms with E-state index in [0.29, 0.717) is 13.0 Å². The molecule has 0 radical (unpaired) electrons. The molecular formula is C19H21NO2. The van der Waals surface area contributed by atoms with Gasteiger partial charge >= 0.3 is 0 Å². The second-order valence-electron chi connectivity index (χ2n) is 5.98. The number of carbonyl (C=O) groups excluding carboxylic acids is 1. The number of ketones is 1. The third kappa shape index (κ3) is 2.90. The molecule has 2 aromatic carbocycles. The third-order valence-electron chi connectivity index (χ3n) is 4.11. The number of ether oxygens (including phenoxy) is 1. The molecule has 1 heterocycles. The van der Waals surface area contributed by atoms with Crippen LogP contribution in [0.25, 0.3) is 0 Å². The first-order chi connectivity index (χ1) is 10.7. The Kier molecular flexibility index (Phi) is 4.25. The Bertz CT molecular complexity index is 631. The summed E-state index contributed by atoms with van der Waals surface area (Å²) >= 11 is 0. The maximum absolute atomic E-state index is 12.9. The van der Waals surface area contributed by atoms with Crippen molar-refractivity contribution in [2.24, 2.45) is 0 Å². The number of para-hydroxylation sites is 1. The number of benzene rings is 2. The molecule has 0 N–H and O–H groups in total. The van der Waals surface area contributed by atoms with Gasteiger partial charge in [0, 0.05) is 18.5 Å². The molecule has 0 amide bonds. The first-order valence-electron chi connectivity index (χ1n) is 7.64. The minimum atomic E-state index is -0.227. The average Bonchev–Trinajstić information content (AvgIpc) is 2.69. The minimum absolute atomic E-state index is 0.227. The highest BCUT2D eigenvalue weighted by atomic mass is 16.5. The van der Waals surface area contributed by atoms with Crippen LogP contribution in [0.5, 0.6) is 5.75 Å². The summed E-state index contributed by atoms with van der Waals surface area (Å²) in [4.78, 5) is 14.9. The SMILES string of the molecule is CN(C)CCC(=O)C1c2ccccc2COc2ccccc21. The molecule has 0 saturated carbocycles. The van der Waals surface area contributed by atoms with Crippen molar-refractivity contribution in [1.29, 1.82) is 0 Å². The predicted octanol–water partition coefficient (Wildman–Crippen LogP) is 3.23. The summed E-state index contributed by atoms with van der Waals surface area (Å²) < 4.78 is 5.92. The van der Waals surface area contributed by atoms with Crippen LogP contribution in [0.2, 0.25) is 0 Å². The van der Waals surface area contributed by atoms with E-state index in [1.807, 2.05) is 61.5 Å². The number of Topliss-reactive ketones (excluding diaryl/α,β-unsaturated/α-hetero) is 1. The lowest BCUT2D eigenvalue weighted by Gasteiger charge is -2.19. The topological polar surface area (TPSA) is 29.5 Å². The van der Waals surface area contributed by atoms with Crippen molar-refractivity contribution in [3.8, 4) is 5.75 Å². The molecule has 0 saturated heterocycles. The lowest BCUT2D eigenvalue weighted by atomic mass is 9.84. The largest absolute Gasteiger partial charge is 0.489 e. The molecule has 1 aliphatic heterocycles. The highest BCUT2D eigenvalue weighted by Crippen LogP contribution is 2.38. The van der Waals surface area contributed by atoms with E-state index >= 15 is 0 Å². The van der Waals surface area contributed by atoms with Crippen LogP contribution in [-0.2, 0) is 11.4 Å². The summed E-state index contributed by atoms with van der Waals surface area (Å²) in [6.45, 7) is 1.28. The monoisotopic (exact) mass is 295 g/mol. The van der Waals surface area contributed by atoms with E-state index in [0.717, 1.165) is 29.0 Å². The highest BCUT2D eigenvalue weighted by Gasteiger charge is 2.29. The molecule has 3 rings (SSSR count). The fraction of sp³-hybridized carbons (Fsp3) is 0.316. The Morgan fingerprint density at radius 1 is 1.09 bits per heavy atom.